The van der Waals surface area contributed by atoms with E-state index in [2.05, 4.69) is 12.2 Å². The number of nitrogens with zero attached hydrogens (tertiary/aromatic N) is 1. The van der Waals surface area contributed by atoms with E-state index in [-0.39, 0.29) is 12.6 Å². The predicted octanol–water partition coefficient (Wildman–Crippen LogP) is 3.42. The molecule has 0 aliphatic rings. The Balaban J connectivity index is 2.79. The molecule has 1 heterocycles. The highest BCUT2D eigenvalue weighted by Crippen LogP contribution is 2.28. The smallest absolute Gasteiger partial charge is 0.393 e. The van der Waals surface area contributed by atoms with Gasteiger partial charge in [0.15, 0.2) is 0 Å². The molecular formula is C12H17F3N2S2. The highest BCUT2D eigenvalue weighted by molar-refractivity contribution is 7.80. The molecule has 0 amide bonds. The van der Waals surface area contributed by atoms with Crippen LogP contribution in [0.5, 0.6) is 0 Å². The van der Waals surface area contributed by atoms with Crippen molar-refractivity contribution in [2.45, 2.75) is 32.6 Å². The first-order valence-electron chi connectivity index (χ1n) is 5.84. The summed E-state index contributed by atoms with van der Waals surface area (Å²) in [4.78, 5) is 2.27. The summed E-state index contributed by atoms with van der Waals surface area (Å²) in [6.07, 6.45) is -4.39. The Bertz CT molecular complexity index is 402. The van der Waals surface area contributed by atoms with Gasteiger partial charge in [0.25, 0.3) is 0 Å². The Morgan fingerprint density at radius 1 is 1.47 bits per heavy atom. The molecule has 2 N–H and O–H groups in total. The van der Waals surface area contributed by atoms with E-state index in [0.717, 1.165) is 4.88 Å². The lowest BCUT2D eigenvalue weighted by Crippen LogP contribution is -2.45. The number of hydrogen-bond donors (Lipinski definition) is 1. The normalized spacial score (nSPS) is 14.1. The van der Waals surface area contributed by atoms with Crippen LogP contribution in [-0.4, -0.2) is 28.7 Å². The van der Waals surface area contributed by atoms with Gasteiger partial charge in [0.1, 0.15) is 5.92 Å². The van der Waals surface area contributed by atoms with E-state index in [9.17, 15) is 13.2 Å². The molecule has 0 aromatic carbocycles. The van der Waals surface area contributed by atoms with Crippen molar-refractivity contribution < 1.29 is 13.2 Å². The lowest BCUT2D eigenvalue weighted by atomic mass is 10.1. The Morgan fingerprint density at radius 3 is 2.47 bits per heavy atom. The standard InChI is InChI=1S/C12H17F3N2S2/c1-8(2)17(6-9-4-3-5-19-9)7-10(11(16)18)12(13,14)15/h3-5,8,10H,6-7H2,1-2H3,(H2,16,18). The fourth-order valence-electron chi connectivity index (χ4n) is 1.65. The SMILES string of the molecule is CC(C)N(Cc1cccs1)CC(C(N)=S)C(F)(F)F. The quantitative estimate of drug-likeness (QED) is 0.816. The van der Waals surface area contributed by atoms with Crippen molar-refractivity contribution in [1.82, 2.24) is 4.90 Å². The third-order valence-corrected chi connectivity index (χ3v) is 3.97. The van der Waals surface area contributed by atoms with Gasteiger partial charge in [0.2, 0.25) is 0 Å². The van der Waals surface area contributed by atoms with E-state index in [1.165, 1.54) is 11.3 Å². The molecule has 2 nitrogen and oxygen atoms in total. The van der Waals surface area contributed by atoms with Crippen molar-refractivity contribution in [3.05, 3.63) is 22.4 Å². The number of alkyl halides is 3. The molecule has 0 aliphatic carbocycles. The van der Waals surface area contributed by atoms with Gasteiger partial charge in [-0.15, -0.1) is 11.3 Å². The first-order chi connectivity index (χ1) is 8.71. The fraction of sp³-hybridized carbons (Fsp3) is 0.583. The summed E-state index contributed by atoms with van der Waals surface area (Å²) in [6, 6.07) is 3.78. The van der Waals surface area contributed by atoms with Crippen LogP contribution >= 0.6 is 23.6 Å². The van der Waals surface area contributed by atoms with Crippen LogP contribution in [0.15, 0.2) is 17.5 Å². The highest BCUT2D eigenvalue weighted by atomic mass is 32.1. The molecule has 108 valence electrons. The minimum Gasteiger partial charge on any atom is -0.393 e. The number of nitrogens with two attached hydrogens (primary N) is 1. The summed E-state index contributed by atoms with van der Waals surface area (Å²) in [6.45, 7) is 4.00. The lowest BCUT2D eigenvalue weighted by molar-refractivity contribution is -0.160. The van der Waals surface area contributed by atoms with Crippen LogP contribution in [-0.2, 0) is 6.54 Å². The van der Waals surface area contributed by atoms with Gasteiger partial charge >= 0.3 is 6.18 Å². The molecular weight excluding hydrogens is 293 g/mol. The minimum absolute atomic E-state index is 0.0127. The summed E-state index contributed by atoms with van der Waals surface area (Å²) in [5.41, 5.74) is 5.23. The predicted molar refractivity (Wildman–Crippen MR) is 76.2 cm³/mol. The molecule has 1 rings (SSSR count). The van der Waals surface area contributed by atoms with Gasteiger partial charge in [-0.1, -0.05) is 18.3 Å². The van der Waals surface area contributed by atoms with Crippen molar-refractivity contribution in [2.24, 2.45) is 11.7 Å². The van der Waals surface area contributed by atoms with Crippen LogP contribution < -0.4 is 5.73 Å². The second-order valence-electron chi connectivity index (χ2n) is 4.60. The zero-order valence-corrected chi connectivity index (χ0v) is 12.4. The topological polar surface area (TPSA) is 29.3 Å². The van der Waals surface area contributed by atoms with Crippen LogP contribution in [0.1, 0.15) is 18.7 Å². The molecule has 0 radical (unpaired) electrons. The maximum atomic E-state index is 12.9. The molecule has 1 aromatic rings. The second kappa shape index (κ2) is 6.67. The van der Waals surface area contributed by atoms with Crippen molar-refractivity contribution in [3.8, 4) is 0 Å². The Kier molecular flexibility index (Phi) is 5.76. The first kappa shape index (κ1) is 16.4. The number of thiocarbonyl (C=S) groups is 1. The monoisotopic (exact) mass is 310 g/mol. The molecule has 0 saturated heterocycles. The third kappa shape index (κ3) is 5.08. The second-order valence-corrected chi connectivity index (χ2v) is 6.10. The molecule has 0 bridgehead atoms. The van der Waals surface area contributed by atoms with Crippen molar-refractivity contribution in [2.75, 3.05) is 6.54 Å². The van der Waals surface area contributed by atoms with Crippen LogP contribution in [0.4, 0.5) is 13.2 Å². The molecule has 1 aromatic heterocycles. The van der Waals surface area contributed by atoms with E-state index in [0.29, 0.717) is 6.54 Å². The van der Waals surface area contributed by atoms with Gasteiger partial charge in [-0.2, -0.15) is 13.2 Å². The molecule has 7 heteroatoms. The van der Waals surface area contributed by atoms with Crippen LogP contribution in [0.3, 0.4) is 0 Å². The van der Waals surface area contributed by atoms with Gasteiger partial charge in [-0.25, -0.2) is 0 Å². The molecule has 0 fully saturated rings. The molecule has 1 unspecified atom stereocenters. The zero-order valence-electron chi connectivity index (χ0n) is 10.8. The van der Waals surface area contributed by atoms with Crippen molar-refractivity contribution in [1.29, 1.82) is 0 Å². The Hall–Kier alpha value is -0.660. The maximum absolute atomic E-state index is 12.9. The molecule has 0 aliphatic heterocycles. The number of hydrogen-bond acceptors (Lipinski definition) is 3. The number of rotatable bonds is 6. The van der Waals surface area contributed by atoms with Gasteiger partial charge in [-0.3, -0.25) is 4.90 Å². The molecule has 0 saturated carbocycles. The van der Waals surface area contributed by atoms with E-state index < -0.39 is 17.1 Å². The minimum atomic E-state index is -4.39. The maximum Gasteiger partial charge on any atom is 0.399 e. The summed E-state index contributed by atoms with van der Waals surface area (Å²) >= 11 is 6.08. The van der Waals surface area contributed by atoms with Gasteiger partial charge in [0.05, 0.1) is 4.99 Å². The molecule has 0 spiro atoms. The highest BCUT2D eigenvalue weighted by Gasteiger charge is 2.42. The average molecular weight is 310 g/mol. The third-order valence-electron chi connectivity index (χ3n) is 2.82. The lowest BCUT2D eigenvalue weighted by Gasteiger charge is -2.30. The largest absolute Gasteiger partial charge is 0.399 e. The van der Waals surface area contributed by atoms with Crippen molar-refractivity contribution in [3.63, 3.8) is 0 Å². The summed E-state index contributed by atoms with van der Waals surface area (Å²) in [5, 5.41) is 1.91. The van der Waals surface area contributed by atoms with E-state index >= 15 is 0 Å². The molecule has 19 heavy (non-hydrogen) atoms. The number of halogens is 3. The number of thiophene rings is 1. The van der Waals surface area contributed by atoms with E-state index in [1.807, 2.05) is 31.4 Å². The zero-order chi connectivity index (χ0) is 14.6. The van der Waals surface area contributed by atoms with E-state index in [4.69, 9.17) is 5.73 Å². The summed E-state index contributed by atoms with van der Waals surface area (Å²) in [5.74, 6) is -1.76. The molecule has 1 atom stereocenters. The van der Waals surface area contributed by atoms with Crippen LogP contribution in [0.25, 0.3) is 0 Å². The Labute approximate surface area is 120 Å². The van der Waals surface area contributed by atoms with Crippen LogP contribution in [0.2, 0.25) is 0 Å². The van der Waals surface area contributed by atoms with Gasteiger partial charge < -0.3 is 5.73 Å². The van der Waals surface area contributed by atoms with Gasteiger partial charge in [0, 0.05) is 24.0 Å². The summed E-state index contributed by atoms with van der Waals surface area (Å²) < 4.78 is 38.6. The average Bonchev–Trinajstić information content (AvgIpc) is 2.73. The summed E-state index contributed by atoms with van der Waals surface area (Å²) in [7, 11) is 0. The fourth-order valence-corrected chi connectivity index (χ4v) is 2.59. The first-order valence-corrected chi connectivity index (χ1v) is 7.13. The van der Waals surface area contributed by atoms with Crippen molar-refractivity contribution >= 4 is 28.5 Å². The van der Waals surface area contributed by atoms with Crippen LogP contribution in [0, 0.1) is 5.92 Å². The Morgan fingerprint density at radius 2 is 2.11 bits per heavy atom. The van der Waals surface area contributed by atoms with Gasteiger partial charge in [-0.05, 0) is 25.3 Å². The van der Waals surface area contributed by atoms with E-state index in [1.54, 1.807) is 4.90 Å².